The Labute approximate surface area is 124 Å². The van der Waals surface area contributed by atoms with E-state index in [-0.39, 0.29) is 11.9 Å². The van der Waals surface area contributed by atoms with E-state index in [1.807, 2.05) is 6.92 Å². The Morgan fingerprint density at radius 2 is 2.45 bits per heavy atom. The smallest absolute Gasteiger partial charge is 0.221 e. The minimum Gasteiger partial charge on any atom is -0.378 e. The van der Waals surface area contributed by atoms with Crippen LogP contribution in [0, 0.1) is 6.92 Å². The summed E-state index contributed by atoms with van der Waals surface area (Å²) in [6, 6.07) is 0.141. The van der Waals surface area contributed by atoms with E-state index in [1.54, 1.807) is 11.3 Å². The van der Waals surface area contributed by atoms with Gasteiger partial charge in [0, 0.05) is 23.9 Å². The van der Waals surface area contributed by atoms with Gasteiger partial charge >= 0.3 is 0 Å². The molecule has 2 rings (SSSR count). The third-order valence-electron chi connectivity index (χ3n) is 3.28. The Morgan fingerprint density at radius 1 is 1.60 bits per heavy atom. The molecular formula is C14H23N3O2S. The fraction of sp³-hybridized carbons (Fsp3) is 0.714. The average molecular weight is 297 g/mol. The van der Waals surface area contributed by atoms with Crippen molar-refractivity contribution in [1.29, 1.82) is 0 Å². The number of aryl methyl sites for hydroxylation is 2. The summed E-state index contributed by atoms with van der Waals surface area (Å²) in [7, 11) is 0. The summed E-state index contributed by atoms with van der Waals surface area (Å²) in [5.41, 5.74) is 1.04. The van der Waals surface area contributed by atoms with Gasteiger partial charge in [0.25, 0.3) is 0 Å². The number of hydrogen-bond donors (Lipinski definition) is 2. The maximum Gasteiger partial charge on any atom is 0.221 e. The highest BCUT2D eigenvalue weighted by Gasteiger charge is 2.17. The Morgan fingerprint density at radius 3 is 3.15 bits per heavy atom. The van der Waals surface area contributed by atoms with Gasteiger partial charge in [-0.05, 0) is 19.8 Å². The van der Waals surface area contributed by atoms with Crippen molar-refractivity contribution in [3.05, 3.63) is 15.6 Å². The van der Waals surface area contributed by atoms with Crippen LogP contribution < -0.4 is 10.6 Å². The number of carbonyl (C=O) groups excluding carboxylic acids is 1. The van der Waals surface area contributed by atoms with Crippen LogP contribution in [0.25, 0.3) is 0 Å². The molecular weight excluding hydrogens is 274 g/mol. The van der Waals surface area contributed by atoms with Crippen LogP contribution in [-0.2, 0) is 22.5 Å². The summed E-state index contributed by atoms with van der Waals surface area (Å²) < 4.78 is 5.34. The quantitative estimate of drug-likeness (QED) is 0.833. The van der Waals surface area contributed by atoms with Crippen LogP contribution in [0.2, 0.25) is 0 Å². The van der Waals surface area contributed by atoms with Crippen LogP contribution in [0.4, 0.5) is 0 Å². The van der Waals surface area contributed by atoms with Crippen LogP contribution in [0.1, 0.15) is 35.3 Å². The van der Waals surface area contributed by atoms with Crippen molar-refractivity contribution < 1.29 is 9.53 Å². The summed E-state index contributed by atoms with van der Waals surface area (Å²) in [4.78, 5) is 17.6. The highest BCUT2D eigenvalue weighted by Crippen LogP contribution is 2.19. The second-order valence-corrected chi connectivity index (χ2v) is 6.24. The molecule has 0 bridgehead atoms. The van der Waals surface area contributed by atoms with Crippen molar-refractivity contribution in [2.24, 2.45) is 0 Å². The molecule has 112 valence electrons. The second kappa shape index (κ2) is 7.71. The number of ether oxygens (including phenoxy) is 1. The number of aromatic nitrogens is 1. The predicted octanol–water partition coefficient (Wildman–Crippen LogP) is 1.40. The van der Waals surface area contributed by atoms with Crippen molar-refractivity contribution in [1.82, 2.24) is 15.6 Å². The topological polar surface area (TPSA) is 63.2 Å². The van der Waals surface area contributed by atoms with E-state index < -0.39 is 0 Å². The van der Waals surface area contributed by atoms with Gasteiger partial charge in [-0.15, -0.1) is 11.3 Å². The number of nitrogens with zero attached hydrogens (tertiary/aromatic N) is 1. The monoisotopic (exact) mass is 297 g/mol. The van der Waals surface area contributed by atoms with E-state index in [9.17, 15) is 4.79 Å². The molecule has 1 saturated heterocycles. The number of carbonyl (C=O) groups is 1. The number of thiazole rings is 1. The van der Waals surface area contributed by atoms with Gasteiger partial charge in [0.15, 0.2) is 0 Å². The number of nitrogens with one attached hydrogen (secondary N) is 2. The lowest BCUT2D eigenvalue weighted by Crippen LogP contribution is -2.44. The van der Waals surface area contributed by atoms with E-state index in [1.165, 1.54) is 0 Å². The third kappa shape index (κ3) is 4.54. The van der Waals surface area contributed by atoms with Crippen LogP contribution in [0.5, 0.6) is 0 Å². The van der Waals surface area contributed by atoms with E-state index in [2.05, 4.69) is 22.5 Å². The van der Waals surface area contributed by atoms with Gasteiger partial charge in [-0.1, -0.05) is 6.92 Å². The van der Waals surface area contributed by atoms with Crippen LogP contribution in [0.3, 0.4) is 0 Å². The van der Waals surface area contributed by atoms with Gasteiger partial charge in [-0.2, -0.15) is 0 Å². The molecule has 0 saturated carbocycles. The number of hydrogen-bond acceptors (Lipinski definition) is 5. The molecule has 1 fully saturated rings. The first kappa shape index (κ1) is 15.4. The molecule has 0 unspecified atom stereocenters. The Balaban J connectivity index is 1.77. The van der Waals surface area contributed by atoms with Crippen molar-refractivity contribution >= 4 is 17.2 Å². The normalized spacial score (nSPS) is 19.0. The maximum atomic E-state index is 11.9. The van der Waals surface area contributed by atoms with Crippen molar-refractivity contribution in [2.75, 3.05) is 19.8 Å². The molecule has 20 heavy (non-hydrogen) atoms. The number of morpholine rings is 1. The SMILES string of the molecule is CCCc1nc(C)c(CNC(=O)C[C@H]2COCCN2)s1. The first-order valence-electron chi connectivity index (χ1n) is 7.22. The summed E-state index contributed by atoms with van der Waals surface area (Å²) in [6.07, 6.45) is 2.59. The van der Waals surface area contributed by atoms with Crippen LogP contribution >= 0.6 is 11.3 Å². The third-order valence-corrected chi connectivity index (χ3v) is 4.49. The van der Waals surface area contributed by atoms with E-state index in [0.29, 0.717) is 19.6 Å². The molecule has 0 spiro atoms. The molecule has 1 amide bonds. The van der Waals surface area contributed by atoms with E-state index in [4.69, 9.17) is 4.74 Å². The molecule has 6 heteroatoms. The number of amides is 1. The van der Waals surface area contributed by atoms with Gasteiger partial charge < -0.3 is 15.4 Å². The van der Waals surface area contributed by atoms with Crippen molar-refractivity contribution in [2.45, 2.75) is 45.7 Å². The summed E-state index contributed by atoms with van der Waals surface area (Å²) >= 11 is 1.71. The lowest BCUT2D eigenvalue weighted by atomic mass is 10.2. The fourth-order valence-corrected chi connectivity index (χ4v) is 3.31. The van der Waals surface area contributed by atoms with E-state index in [0.717, 1.165) is 41.6 Å². The minimum atomic E-state index is 0.0674. The molecule has 1 aliphatic rings. The van der Waals surface area contributed by atoms with E-state index >= 15 is 0 Å². The minimum absolute atomic E-state index is 0.0674. The molecule has 2 heterocycles. The Kier molecular flexibility index (Phi) is 5.94. The lowest BCUT2D eigenvalue weighted by molar-refractivity contribution is -0.122. The molecule has 0 radical (unpaired) electrons. The largest absolute Gasteiger partial charge is 0.378 e. The summed E-state index contributed by atoms with van der Waals surface area (Å²) in [5, 5.41) is 7.43. The average Bonchev–Trinajstić information content (AvgIpc) is 2.78. The van der Waals surface area contributed by atoms with Gasteiger partial charge in [0.1, 0.15) is 0 Å². The molecule has 5 nitrogen and oxygen atoms in total. The predicted molar refractivity (Wildman–Crippen MR) is 79.9 cm³/mol. The Hall–Kier alpha value is -0.980. The zero-order valence-corrected chi connectivity index (χ0v) is 13.0. The molecule has 0 aliphatic carbocycles. The first-order chi connectivity index (χ1) is 9.69. The van der Waals surface area contributed by atoms with Gasteiger partial charge in [0.05, 0.1) is 30.5 Å². The molecule has 2 N–H and O–H groups in total. The summed E-state index contributed by atoms with van der Waals surface area (Å²) in [5.74, 6) is 0.0674. The molecule has 1 aromatic heterocycles. The Bertz CT molecular complexity index is 442. The number of rotatable bonds is 6. The first-order valence-corrected chi connectivity index (χ1v) is 8.03. The standard InChI is InChI=1S/C14H23N3O2S/c1-3-4-14-17-10(2)12(20-14)8-16-13(18)7-11-9-19-6-5-15-11/h11,15H,3-9H2,1-2H3,(H,16,18)/t11-/m0/s1. The van der Waals surface area contributed by atoms with Crippen molar-refractivity contribution in [3.63, 3.8) is 0 Å². The van der Waals surface area contributed by atoms with Gasteiger partial charge in [0.2, 0.25) is 5.91 Å². The second-order valence-electron chi connectivity index (χ2n) is 5.07. The lowest BCUT2D eigenvalue weighted by Gasteiger charge is -2.23. The zero-order valence-electron chi connectivity index (χ0n) is 12.2. The molecule has 1 atom stereocenters. The van der Waals surface area contributed by atoms with Gasteiger partial charge in [-0.25, -0.2) is 4.98 Å². The maximum absolute atomic E-state index is 11.9. The van der Waals surface area contributed by atoms with Crippen LogP contribution in [0.15, 0.2) is 0 Å². The fourth-order valence-electron chi connectivity index (χ4n) is 2.20. The van der Waals surface area contributed by atoms with Crippen molar-refractivity contribution in [3.8, 4) is 0 Å². The highest BCUT2D eigenvalue weighted by molar-refractivity contribution is 7.11. The highest BCUT2D eigenvalue weighted by atomic mass is 32.1. The zero-order chi connectivity index (χ0) is 14.4. The molecule has 1 aromatic rings. The molecule has 0 aromatic carbocycles. The van der Waals surface area contributed by atoms with Crippen LogP contribution in [-0.4, -0.2) is 36.7 Å². The molecule has 1 aliphatic heterocycles. The summed E-state index contributed by atoms with van der Waals surface area (Å²) in [6.45, 7) is 6.92. The van der Waals surface area contributed by atoms with Gasteiger partial charge in [-0.3, -0.25) is 4.79 Å².